The van der Waals surface area contributed by atoms with E-state index in [2.05, 4.69) is 27.3 Å². The Morgan fingerprint density at radius 3 is 2.45 bits per heavy atom. The Morgan fingerprint density at radius 2 is 1.74 bits per heavy atom. The topological polar surface area (TPSA) is 126 Å². The van der Waals surface area contributed by atoms with Gasteiger partial charge in [0.25, 0.3) is 11.5 Å². The number of nitrogens with one attached hydrogen (secondary N) is 2. The SMILES string of the molecule is O=C(NCC1CCN(Cc2ccccc2)CC1)c1c(O)c2cc(O)c(O)cc2[nH]c1=O. The van der Waals surface area contributed by atoms with E-state index in [1.807, 2.05) is 18.2 Å². The Labute approximate surface area is 178 Å². The van der Waals surface area contributed by atoms with E-state index in [0.717, 1.165) is 44.6 Å². The van der Waals surface area contributed by atoms with E-state index in [-0.39, 0.29) is 10.9 Å². The molecule has 162 valence electrons. The summed E-state index contributed by atoms with van der Waals surface area (Å²) in [7, 11) is 0. The van der Waals surface area contributed by atoms with Crippen LogP contribution in [0.2, 0.25) is 0 Å². The normalized spacial score (nSPS) is 15.2. The number of carbonyl (C=O) groups excluding carboxylic acids is 1. The van der Waals surface area contributed by atoms with Crippen LogP contribution in [-0.2, 0) is 6.54 Å². The summed E-state index contributed by atoms with van der Waals surface area (Å²) < 4.78 is 0. The van der Waals surface area contributed by atoms with Crippen LogP contribution in [0.1, 0.15) is 28.8 Å². The lowest BCUT2D eigenvalue weighted by Gasteiger charge is -2.32. The molecule has 8 heteroatoms. The van der Waals surface area contributed by atoms with Gasteiger partial charge in [-0.3, -0.25) is 14.5 Å². The highest BCUT2D eigenvalue weighted by molar-refractivity contribution is 6.02. The highest BCUT2D eigenvalue weighted by Crippen LogP contribution is 2.34. The second kappa shape index (κ2) is 8.69. The molecule has 0 atom stereocenters. The molecule has 5 N–H and O–H groups in total. The molecule has 0 bridgehead atoms. The van der Waals surface area contributed by atoms with Crippen LogP contribution in [-0.4, -0.2) is 50.7 Å². The van der Waals surface area contributed by atoms with Gasteiger partial charge in [0.05, 0.1) is 5.52 Å². The minimum atomic E-state index is -0.759. The first-order valence-corrected chi connectivity index (χ1v) is 10.3. The van der Waals surface area contributed by atoms with Crippen molar-refractivity contribution in [3.63, 3.8) is 0 Å². The highest BCUT2D eigenvalue weighted by Gasteiger charge is 2.23. The number of amides is 1. The van der Waals surface area contributed by atoms with Gasteiger partial charge in [0.15, 0.2) is 11.5 Å². The first kappa shape index (κ1) is 20.7. The van der Waals surface area contributed by atoms with E-state index in [0.29, 0.717) is 12.5 Å². The number of phenolic OH excluding ortho intramolecular Hbond substituents is 2. The maximum atomic E-state index is 12.6. The van der Waals surface area contributed by atoms with Crippen LogP contribution in [0.5, 0.6) is 17.2 Å². The molecule has 1 saturated heterocycles. The van der Waals surface area contributed by atoms with Gasteiger partial charge in [0.2, 0.25) is 0 Å². The number of hydrogen-bond acceptors (Lipinski definition) is 6. The third-order valence-electron chi connectivity index (χ3n) is 5.82. The standard InChI is InChI=1S/C23H25N3O5/c27-18-10-16-17(11-19(18)28)25-23(31)20(21(16)29)22(30)24-12-14-6-8-26(9-7-14)13-15-4-2-1-3-5-15/h1-5,10-11,14,27-28H,6-9,12-13H2,(H,24,30)(H2,25,29,31). The Bertz CT molecular complexity index is 1150. The van der Waals surface area contributed by atoms with E-state index >= 15 is 0 Å². The lowest BCUT2D eigenvalue weighted by molar-refractivity contribution is 0.0931. The number of carbonyl (C=O) groups is 1. The molecule has 0 spiro atoms. The van der Waals surface area contributed by atoms with Gasteiger partial charge in [-0.1, -0.05) is 30.3 Å². The fourth-order valence-electron chi connectivity index (χ4n) is 4.03. The van der Waals surface area contributed by atoms with Crippen molar-refractivity contribution in [3.8, 4) is 17.2 Å². The van der Waals surface area contributed by atoms with Crippen molar-refractivity contribution in [2.45, 2.75) is 19.4 Å². The second-order valence-corrected chi connectivity index (χ2v) is 7.98. The number of fused-ring (bicyclic) bond motifs is 1. The fraction of sp³-hybridized carbons (Fsp3) is 0.304. The van der Waals surface area contributed by atoms with Gasteiger partial charge >= 0.3 is 0 Å². The number of aromatic hydroxyl groups is 3. The first-order valence-electron chi connectivity index (χ1n) is 10.3. The predicted octanol–water partition coefficient (Wildman–Crippen LogP) is 2.29. The third kappa shape index (κ3) is 4.49. The molecule has 8 nitrogen and oxygen atoms in total. The summed E-state index contributed by atoms with van der Waals surface area (Å²) in [4.78, 5) is 29.8. The molecule has 2 heterocycles. The van der Waals surface area contributed by atoms with Gasteiger partial charge in [-0.25, -0.2) is 0 Å². The zero-order valence-corrected chi connectivity index (χ0v) is 17.0. The van der Waals surface area contributed by atoms with E-state index in [9.17, 15) is 24.9 Å². The number of nitrogens with zero attached hydrogens (tertiary/aromatic N) is 1. The Balaban J connectivity index is 1.38. The Kier molecular flexibility index (Phi) is 5.81. The van der Waals surface area contributed by atoms with Crippen LogP contribution in [0.25, 0.3) is 10.9 Å². The number of aromatic amines is 1. The number of aromatic nitrogens is 1. The smallest absolute Gasteiger partial charge is 0.265 e. The number of pyridine rings is 1. The molecule has 4 rings (SSSR count). The Hall–Kier alpha value is -3.52. The minimum Gasteiger partial charge on any atom is -0.506 e. The van der Waals surface area contributed by atoms with E-state index in [1.165, 1.54) is 5.56 Å². The number of likely N-dealkylation sites (tertiary alicyclic amines) is 1. The summed E-state index contributed by atoms with van der Waals surface area (Å²) in [6, 6.07) is 12.5. The molecule has 1 fully saturated rings. The number of rotatable bonds is 5. The van der Waals surface area contributed by atoms with Crippen molar-refractivity contribution in [2.75, 3.05) is 19.6 Å². The zero-order valence-electron chi connectivity index (χ0n) is 17.0. The van der Waals surface area contributed by atoms with Crippen molar-refractivity contribution in [1.29, 1.82) is 0 Å². The molecule has 0 unspecified atom stereocenters. The van der Waals surface area contributed by atoms with Crippen LogP contribution >= 0.6 is 0 Å². The molecule has 1 amide bonds. The number of phenols is 2. The molecule has 1 aliphatic heterocycles. The highest BCUT2D eigenvalue weighted by atomic mass is 16.3. The van der Waals surface area contributed by atoms with Gasteiger partial charge in [-0.15, -0.1) is 0 Å². The molecule has 0 aliphatic carbocycles. The number of piperidine rings is 1. The summed E-state index contributed by atoms with van der Waals surface area (Å²) in [5.74, 6) is -1.79. The summed E-state index contributed by atoms with van der Waals surface area (Å²) in [6.07, 6.45) is 1.86. The van der Waals surface area contributed by atoms with Crippen LogP contribution in [0, 0.1) is 5.92 Å². The number of H-pyrrole nitrogens is 1. The summed E-state index contributed by atoms with van der Waals surface area (Å²) >= 11 is 0. The van der Waals surface area contributed by atoms with Gasteiger partial charge in [-0.2, -0.15) is 0 Å². The lowest BCUT2D eigenvalue weighted by Crippen LogP contribution is -2.39. The average Bonchev–Trinajstić information content (AvgIpc) is 2.75. The van der Waals surface area contributed by atoms with E-state index < -0.39 is 34.3 Å². The van der Waals surface area contributed by atoms with Gasteiger partial charge < -0.3 is 25.6 Å². The monoisotopic (exact) mass is 423 g/mol. The molecule has 31 heavy (non-hydrogen) atoms. The summed E-state index contributed by atoms with van der Waals surface area (Å²) in [6.45, 7) is 3.18. The molecule has 1 aliphatic rings. The molecule has 0 saturated carbocycles. The van der Waals surface area contributed by atoms with Crippen LogP contribution in [0.15, 0.2) is 47.3 Å². The second-order valence-electron chi connectivity index (χ2n) is 7.98. The van der Waals surface area contributed by atoms with Crippen molar-refractivity contribution < 1.29 is 20.1 Å². The maximum Gasteiger partial charge on any atom is 0.265 e. The van der Waals surface area contributed by atoms with Crippen LogP contribution in [0.3, 0.4) is 0 Å². The largest absolute Gasteiger partial charge is 0.506 e. The molecule has 0 radical (unpaired) electrons. The van der Waals surface area contributed by atoms with Crippen molar-refractivity contribution in [3.05, 3.63) is 63.9 Å². The average molecular weight is 423 g/mol. The number of benzene rings is 2. The lowest BCUT2D eigenvalue weighted by atomic mass is 9.96. The number of hydrogen-bond donors (Lipinski definition) is 5. The summed E-state index contributed by atoms with van der Waals surface area (Å²) in [5.41, 5.74) is 0.240. The molecular formula is C23H25N3O5. The molecular weight excluding hydrogens is 398 g/mol. The van der Waals surface area contributed by atoms with Gasteiger partial charge in [0.1, 0.15) is 11.3 Å². The maximum absolute atomic E-state index is 12.6. The van der Waals surface area contributed by atoms with Crippen molar-refractivity contribution >= 4 is 16.8 Å². The van der Waals surface area contributed by atoms with E-state index in [1.54, 1.807) is 0 Å². The first-order chi connectivity index (χ1) is 14.9. The predicted molar refractivity (Wildman–Crippen MR) is 116 cm³/mol. The third-order valence-corrected chi connectivity index (χ3v) is 5.82. The zero-order chi connectivity index (χ0) is 22.0. The Morgan fingerprint density at radius 1 is 1.06 bits per heavy atom. The fourth-order valence-corrected chi connectivity index (χ4v) is 4.03. The minimum absolute atomic E-state index is 0.0780. The van der Waals surface area contributed by atoms with Gasteiger partial charge in [0, 0.05) is 24.5 Å². The molecule has 2 aromatic carbocycles. The van der Waals surface area contributed by atoms with Gasteiger partial charge in [-0.05, 0) is 43.5 Å². The molecule has 3 aromatic rings. The quantitative estimate of drug-likeness (QED) is 0.401. The summed E-state index contributed by atoms with van der Waals surface area (Å²) in [5, 5.41) is 32.5. The van der Waals surface area contributed by atoms with Crippen molar-refractivity contribution in [1.82, 2.24) is 15.2 Å². The van der Waals surface area contributed by atoms with Crippen molar-refractivity contribution in [2.24, 2.45) is 5.92 Å². The van der Waals surface area contributed by atoms with Crippen LogP contribution in [0.4, 0.5) is 0 Å². The molecule has 1 aromatic heterocycles. The van der Waals surface area contributed by atoms with Crippen LogP contribution < -0.4 is 10.9 Å². The van der Waals surface area contributed by atoms with E-state index in [4.69, 9.17) is 0 Å².